The first-order valence-corrected chi connectivity index (χ1v) is 8.21. The fraction of sp³-hybridized carbons (Fsp3) is 0.0909. The lowest BCUT2D eigenvalue weighted by molar-refractivity contribution is 0.103. The van der Waals surface area contributed by atoms with Crippen molar-refractivity contribution in [3.8, 4) is 11.3 Å². The molecule has 3 aromatic carbocycles. The number of hydrogen-bond acceptors (Lipinski definition) is 3. The topological polar surface area (TPSA) is 43.1 Å². The first-order valence-electron chi connectivity index (χ1n) is 8.21. The lowest BCUT2D eigenvalue weighted by Gasteiger charge is -2.09. The molecule has 0 atom stereocenters. The highest BCUT2D eigenvalue weighted by Crippen LogP contribution is 2.35. The van der Waals surface area contributed by atoms with E-state index in [4.69, 9.17) is 4.52 Å². The highest BCUT2D eigenvalue weighted by Gasteiger charge is 2.24. The van der Waals surface area contributed by atoms with E-state index in [2.05, 4.69) is 29.4 Å². The van der Waals surface area contributed by atoms with Crippen LogP contribution in [0.1, 0.15) is 27.2 Å². The molecule has 0 radical (unpaired) electrons. The van der Waals surface area contributed by atoms with Crippen molar-refractivity contribution in [3.63, 3.8) is 0 Å². The van der Waals surface area contributed by atoms with Gasteiger partial charge in [-0.25, -0.2) is 0 Å². The monoisotopic (exact) mass is 327 g/mol. The standard InChI is InChI=1S/C22H17NO2/c1-14-12-13-16-8-6-7-11-18(16)19(14)21-20(15(2)25-23-21)22(24)17-9-4-3-5-10-17/h3-13H,1-2H3. The maximum atomic E-state index is 13.1. The quantitative estimate of drug-likeness (QED) is 0.477. The summed E-state index contributed by atoms with van der Waals surface area (Å²) < 4.78 is 5.43. The van der Waals surface area contributed by atoms with E-state index in [0.29, 0.717) is 22.6 Å². The number of rotatable bonds is 3. The van der Waals surface area contributed by atoms with Gasteiger partial charge in [-0.05, 0) is 30.2 Å². The van der Waals surface area contributed by atoms with Crippen molar-refractivity contribution in [2.24, 2.45) is 0 Å². The van der Waals surface area contributed by atoms with E-state index < -0.39 is 0 Å². The van der Waals surface area contributed by atoms with Gasteiger partial charge in [-0.2, -0.15) is 0 Å². The largest absolute Gasteiger partial charge is 0.360 e. The molecule has 0 fully saturated rings. The zero-order valence-electron chi connectivity index (χ0n) is 14.1. The summed E-state index contributed by atoms with van der Waals surface area (Å²) in [6, 6.07) is 21.5. The Labute approximate surface area is 145 Å². The second-order valence-corrected chi connectivity index (χ2v) is 6.14. The molecule has 0 aliphatic carbocycles. The fourth-order valence-electron chi connectivity index (χ4n) is 3.24. The molecule has 0 saturated heterocycles. The summed E-state index contributed by atoms with van der Waals surface area (Å²) in [4.78, 5) is 13.1. The van der Waals surface area contributed by atoms with Crippen LogP contribution in [0.4, 0.5) is 0 Å². The van der Waals surface area contributed by atoms with Crippen molar-refractivity contribution in [2.45, 2.75) is 13.8 Å². The summed E-state index contributed by atoms with van der Waals surface area (Å²) in [6.45, 7) is 3.82. The van der Waals surface area contributed by atoms with Crippen molar-refractivity contribution < 1.29 is 9.32 Å². The molecule has 0 amide bonds. The normalized spacial score (nSPS) is 11.0. The lowest BCUT2D eigenvalue weighted by atomic mass is 9.92. The van der Waals surface area contributed by atoms with Crippen LogP contribution in [0.3, 0.4) is 0 Å². The molecule has 3 nitrogen and oxygen atoms in total. The van der Waals surface area contributed by atoms with Gasteiger partial charge in [0.15, 0.2) is 5.78 Å². The van der Waals surface area contributed by atoms with Gasteiger partial charge in [0.1, 0.15) is 11.5 Å². The van der Waals surface area contributed by atoms with E-state index in [1.54, 1.807) is 6.92 Å². The molecule has 4 aromatic rings. The number of fused-ring (bicyclic) bond motifs is 1. The van der Waals surface area contributed by atoms with Crippen LogP contribution >= 0.6 is 0 Å². The van der Waals surface area contributed by atoms with Gasteiger partial charge in [-0.1, -0.05) is 71.9 Å². The Morgan fingerprint density at radius 1 is 0.880 bits per heavy atom. The predicted molar refractivity (Wildman–Crippen MR) is 98.8 cm³/mol. The van der Waals surface area contributed by atoms with E-state index >= 15 is 0 Å². The fourth-order valence-corrected chi connectivity index (χ4v) is 3.24. The zero-order chi connectivity index (χ0) is 17.4. The Hall–Kier alpha value is -3.20. The molecule has 122 valence electrons. The number of aromatic nitrogens is 1. The molecule has 0 aliphatic heterocycles. The molecule has 0 spiro atoms. The molecular weight excluding hydrogens is 310 g/mol. The van der Waals surface area contributed by atoms with Gasteiger partial charge in [0.05, 0.1) is 5.56 Å². The molecule has 3 heteroatoms. The summed E-state index contributed by atoms with van der Waals surface area (Å²) in [6.07, 6.45) is 0. The van der Waals surface area contributed by atoms with Crippen LogP contribution < -0.4 is 0 Å². The van der Waals surface area contributed by atoms with Gasteiger partial charge in [-0.15, -0.1) is 0 Å². The number of benzene rings is 3. The Morgan fingerprint density at radius 2 is 1.60 bits per heavy atom. The smallest absolute Gasteiger partial charge is 0.198 e. The SMILES string of the molecule is Cc1ccc2ccccc2c1-c1noc(C)c1C(=O)c1ccccc1. The third kappa shape index (κ3) is 2.54. The Kier molecular flexibility index (Phi) is 3.69. The van der Waals surface area contributed by atoms with Crippen molar-refractivity contribution in [3.05, 3.63) is 89.2 Å². The van der Waals surface area contributed by atoms with Crippen LogP contribution in [-0.2, 0) is 0 Å². The molecule has 0 N–H and O–H groups in total. The summed E-state index contributed by atoms with van der Waals surface area (Å²) in [5, 5.41) is 6.43. The minimum Gasteiger partial charge on any atom is -0.360 e. The molecule has 1 heterocycles. The van der Waals surface area contributed by atoms with Gasteiger partial charge in [-0.3, -0.25) is 4.79 Å². The first-order chi connectivity index (χ1) is 12.2. The molecule has 1 aromatic heterocycles. The van der Waals surface area contributed by atoms with Gasteiger partial charge in [0.25, 0.3) is 0 Å². The van der Waals surface area contributed by atoms with Crippen LogP contribution in [-0.4, -0.2) is 10.9 Å². The maximum Gasteiger partial charge on any atom is 0.198 e. The number of hydrogen-bond donors (Lipinski definition) is 0. The van der Waals surface area contributed by atoms with E-state index in [9.17, 15) is 4.79 Å². The Morgan fingerprint density at radius 3 is 2.40 bits per heavy atom. The predicted octanol–water partition coefficient (Wildman–Crippen LogP) is 5.34. The lowest BCUT2D eigenvalue weighted by Crippen LogP contribution is -2.04. The highest BCUT2D eigenvalue weighted by atomic mass is 16.5. The first kappa shape index (κ1) is 15.3. The van der Waals surface area contributed by atoms with Gasteiger partial charge >= 0.3 is 0 Å². The average Bonchev–Trinajstić information content (AvgIpc) is 3.02. The van der Waals surface area contributed by atoms with Crippen LogP contribution in [0.25, 0.3) is 22.0 Å². The van der Waals surface area contributed by atoms with Crippen molar-refractivity contribution in [1.82, 2.24) is 5.16 Å². The van der Waals surface area contributed by atoms with Crippen LogP contribution in [0, 0.1) is 13.8 Å². The number of nitrogens with zero attached hydrogens (tertiary/aromatic N) is 1. The second kappa shape index (κ2) is 6.02. The number of aryl methyl sites for hydroxylation is 2. The van der Waals surface area contributed by atoms with E-state index in [-0.39, 0.29) is 5.78 Å². The van der Waals surface area contributed by atoms with Crippen LogP contribution in [0.15, 0.2) is 71.3 Å². The molecule has 4 rings (SSSR count). The van der Waals surface area contributed by atoms with E-state index in [0.717, 1.165) is 21.9 Å². The summed E-state index contributed by atoms with van der Waals surface area (Å²) in [7, 11) is 0. The minimum atomic E-state index is -0.0679. The molecule has 25 heavy (non-hydrogen) atoms. The molecular formula is C22H17NO2. The van der Waals surface area contributed by atoms with E-state index in [1.165, 1.54) is 0 Å². The number of ketones is 1. The number of carbonyl (C=O) groups is 1. The molecule has 0 unspecified atom stereocenters. The van der Waals surface area contributed by atoms with Gasteiger partial charge < -0.3 is 4.52 Å². The third-order valence-corrected chi connectivity index (χ3v) is 4.50. The average molecular weight is 327 g/mol. The van der Waals surface area contributed by atoms with Crippen molar-refractivity contribution in [1.29, 1.82) is 0 Å². The van der Waals surface area contributed by atoms with Crippen LogP contribution in [0.2, 0.25) is 0 Å². The van der Waals surface area contributed by atoms with Crippen LogP contribution in [0.5, 0.6) is 0 Å². The van der Waals surface area contributed by atoms with Gasteiger partial charge in [0.2, 0.25) is 0 Å². The summed E-state index contributed by atoms with van der Waals surface area (Å²) in [5.74, 6) is 0.470. The zero-order valence-corrected chi connectivity index (χ0v) is 14.1. The summed E-state index contributed by atoms with van der Waals surface area (Å²) >= 11 is 0. The van der Waals surface area contributed by atoms with Crippen molar-refractivity contribution in [2.75, 3.05) is 0 Å². The molecule has 0 bridgehead atoms. The minimum absolute atomic E-state index is 0.0679. The Balaban J connectivity index is 1.98. The second-order valence-electron chi connectivity index (χ2n) is 6.14. The molecule has 0 aliphatic rings. The maximum absolute atomic E-state index is 13.1. The van der Waals surface area contributed by atoms with Gasteiger partial charge in [0, 0.05) is 11.1 Å². The third-order valence-electron chi connectivity index (χ3n) is 4.50. The van der Waals surface area contributed by atoms with E-state index in [1.807, 2.05) is 49.4 Å². The Bertz CT molecular complexity index is 1080. The summed E-state index contributed by atoms with van der Waals surface area (Å²) in [5.41, 5.74) is 3.79. The van der Waals surface area contributed by atoms with Crippen molar-refractivity contribution >= 4 is 16.6 Å². The molecule has 0 saturated carbocycles. The number of carbonyl (C=O) groups excluding carboxylic acids is 1. The highest BCUT2D eigenvalue weighted by molar-refractivity contribution is 6.14.